The maximum Gasteiger partial charge on any atom is 0.102 e. The Kier molecular flexibility index (Phi) is 2.89. The first-order valence-corrected chi connectivity index (χ1v) is 2.68. The van der Waals surface area contributed by atoms with Crippen LogP contribution >= 0.6 is 12.4 Å². The van der Waals surface area contributed by atoms with Crippen LogP contribution in [0.1, 0.15) is 6.92 Å². The number of aliphatic hydroxyl groups is 1. The first-order valence-electron chi connectivity index (χ1n) is 2.68. The van der Waals surface area contributed by atoms with Crippen molar-refractivity contribution in [2.45, 2.75) is 18.6 Å². The van der Waals surface area contributed by atoms with Crippen LogP contribution in [0, 0.1) is 0 Å². The van der Waals surface area contributed by atoms with Gasteiger partial charge in [0.25, 0.3) is 0 Å². The Balaban J connectivity index is 0.000000640. The Bertz CT molecular complexity index is 97.0. The fourth-order valence-corrected chi connectivity index (χ4v) is 0.679. The summed E-state index contributed by atoms with van der Waals surface area (Å²) >= 11 is 0. The van der Waals surface area contributed by atoms with Gasteiger partial charge in [0, 0.05) is 0 Å². The third-order valence-corrected chi connectivity index (χ3v) is 1.49. The van der Waals surface area contributed by atoms with E-state index in [9.17, 15) is 5.11 Å². The minimum absolute atomic E-state index is 0. The molecule has 56 valence electrons. The summed E-state index contributed by atoms with van der Waals surface area (Å²) in [5.41, 5.74) is 4.65. The quantitative estimate of drug-likeness (QED) is 0.494. The highest BCUT2D eigenvalue weighted by Crippen LogP contribution is 2.15. The number of nitrogens with two attached hydrogens (primary N) is 1. The molecule has 0 spiro atoms. The molecule has 0 aromatic carbocycles. The van der Waals surface area contributed by atoms with Gasteiger partial charge in [-0.2, -0.15) is 0 Å². The van der Waals surface area contributed by atoms with Gasteiger partial charge in [-0.3, -0.25) is 0 Å². The Labute approximate surface area is 60.6 Å². The highest BCUT2D eigenvalue weighted by molar-refractivity contribution is 5.85. The lowest BCUT2D eigenvalue weighted by Crippen LogP contribution is -2.43. The summed E-state index contributed by atoms with van der Waals surface area (Å²) in [6.45, 7) is 2.53. The van der Waals surface area contributed by atoms with Crippen LogP contribution in [0.5, 0.6) is 0 Å². The normalized spacial score (nSPS) is 42.3. The predicted octanol–water partition coefficient (Wildman–Crippen LogP) is -0.483. The molecule has 0 radical (unpaired) electrons. The lowest BCUT2D eigenvalue weighted by atomic mass is 10.0. The summed E-state index contributed by atoms with van der Waals surface area (Å²) in [5.74, 6) is 0. The van der Waals surface area contributed by atoms with Gasteiger partial charge in [-0.05, 0) is 6.92 Å². The van der Waals surface area contributed by atoms with Crippen LogP contribution in [0.15, 0.2) is 0 Å². The molecular weight excluding hydrogens is 142 g/mol. The zero-order valence-electron chi connectivity index (χ0n) is 5.33. The molecule has 9 heavy (non-hydrogen) atoms. The van der Waals surface area contributed by atoms with E-state index >= 15 is 0 Å². The number of halogens is 1. The summed E-state index contributed by atoms with van der Waals surface area (Å²) in [4.78, 5) is 0. The molecule has 0 aromatic rings. The molecule has 1 aliphatic heterocycles. The van der Waals surface area contributed by atoms with E-state index in [1.165, 1.54) is 0 Å². The van der Waals surface area contributed by atoms with Gasteiger partial charge in [0.2, 0.25) is 0 Å². The molecule has 3 N–H and O–H groups in total. The maximum absolute atomic E-state index is 9.21. The number of ether oxygens (including phenoxy) is 1. The van der Waals surface area contributed by atoms with Gasteiger partial charge in [-0.25, -0.2) is 0 Å². The molecule has 1 aliphatic rings. The molecule has 0 saturated carbocycles. The van der Waals surface area contributed by atoms with Crippen LogP contribution in [0.4, 0.5) is 0 Å². The van der Waals surface area contributed by atoms with E-state index < -0.39 is 5.60 Å². The van der Waals surface area contributed by atoms with Crippen molar-refractivity contribution >= 4 is 12.4 Å². The summed E-state index contributed by atoms with van der Waals surface area (Å²) in [7, 11) is 0. The number of hydrogen-bond donors (Lipinski definition) is 2. The molecule has 4 heteroatoms. The minimum Gasteiger partial charge on any atom is -0.386 e. The number of rotatable bonds is 0. The Hall–Kier alpha value is 0.170. The molecule has 1 fully saturated rings. The van der Waals surface area contributed by atoms with Gasteiger partial charge >= 0.3 is 0 Å². The van der Waals surface area contributed by atoms with Gasteiger partial charge in [0.15, 0.2) is 0 Å². The SMILES string of the molecule is C[C@]1(O)COC[C@@H]1N.Cl. The molecule has 0 aliphatic carbocycles. The summed E-state index contributed by atoms with van der Waals surface area (Å²) in [6, 6.07) is -0.206. The Morgan fingerprint density at radius 1 is 1.78 bits per heavy atom. The Morgan fingerprint density at radius 3 is 2.44 bits per heavy atom. The minimum atomic E-state index is -0.792. The first-order chi connectivity index (χ1) is 3.63. The van der Waals surface area contributed by atoms with Crippen molar-refractivity contribution in [2.75, 3.05) is 13.2 Å². The van der Waals surface area contributed by atoms with Crippen molar-refractivity contribution in [1.82, 2.24) is 0 Å². The average molecular weight is 154 g/mol. The number of hydrogen-bond acceptors (Lipinski definition) is 3. The van der Waals surface area contributed by atoms with Crippen LogP contribution in [-0.2, 0) is 4.74 Å². The van der Waals surface area contributed by atoms with E-state index in [0.29, 0.717) is 13.2 Å². The standard InChI is InChI=1S/C5H11NO2.ClH/c1-5(7)3-8-2-4(5)6;/h4,7H,2-3,6H2,1H3;1H/t4-,5-;/m0./s1. The van der Waals surface area contributed by atoms with Gasteiger partial charge in [0.05, 0.1) is 19.3 Å². The first kappa shape index (κ1) is 9.17. The van der Waals surface area contributed by atoms with E-state index in [1.807, 2.05) is 0 Å². The second-order valence-corrected chi connectivity index (χ2v) is 2.48. The largest absolute Gasteiger partial charge is 0.386 e. The lowest BCUT2D eigenvalue weighted by Gasteiger charge is -2.18. The fraction of sp³-hybridized carbons (Fsp3) is 1.00. The van der Waals surface area contributed by atoms with Gasteiger partial charge in [0.1, 0.15) is 5.60 Å². The van der Waals surface area contributed by atoms with Crippen molar-refractivity contribution in [3.8, 4) is 0 Å². The summed E-state index contributed by atoms with van der Waals surface area (Å²) in [6.07, 6.45) is 0. The summed E-state index contributed by atoms with van der Waals surface area (Å²) < 4.78 is 4.90. The summed E-state index contributed by atoms with van der Waals surface area (Å²) in [5, 5.41) is 9.21. The third-order valence-electron chi connectivity index (χ3n) is 1.49. The fourth-order valence-electron chi connectivity index (χ4n) is 0.679. The molecule has 0 bridgehead atoms. The van der Waals surface area contributed by atoms with Crippen molar-refractivity contribution < 1.29 is 9.84 Å². The van der Waals surface area contributed by atoms with E-state index in [4.69, 9.17) is 10.5 Å². The molecule has 1 heterocycles. The Morgan fingerprint density at radius 2 is 2.33 bits per heavy atom. The van der Waals surface area contributed by atoms with Crippen LogP contribution in [0.25, 0.3) is 0 Å². The molecule has 1 saturated heterocycles. The highest BCUT2D eigenvalue weighted by Gasteiger charge is 2.34. The van der Waals surface area contributed by atoms with E-state index in [1.54, 1.807) is 6.92 Å². The molecular formula is C5H12ClNO2. The van der Waals surface area contributed by atoms with Crippen molar-refractivity contribution in [3.05, 3.63) is 0 Å². The third kappa shape index (κ3) is 1.79. The zero-order chi connectivity index (χ0) is 6.20. The molecule has 0 amide bonds. The van der Waals surface area contributed by atoms with Crippen LogP contribution < -0.4 is 5.73 Å². The van der Waals surface area contributed by atoms with Crippen molar-refractivity contribution in [3.63, 3.8) is 0 Å². The van der Waals surface area contributed by atoms with Crippen LogP contribution in [0.2, 0.25) is 0 Å². The van der Waals surface area contributed by atoms with Crippen LogP contribution in [-0.4, -0.2) is 30.0 Å². The highest BCUT2D eigenvalue weighted by atomic mass is 35.5. The van der Waals surface area contributed by atoms with E-state index in [0.717, 1.165) is 0 Å². The molecule has 0 unspecified atom stereocenters. The van der Waals surface area contributed by atoms with E-state index in [2.05, 4.69) is 0 Å². The predicted molar refractivity (Wildman–Crippen MR) is 36.7 cm³/mol. The molecule has 1 rings (SSSR count). The topological polar surface area (TPSA) is 55.5 Å². The zero-order valence-corrected chi connectivity index (χ0v) is 6.15. The maximum atomic E-state index is 9.21. The average Bonchev–Trinajstić information content (AvgIpc) is 1.86. The van der Waals surface area contributed by atoms with Gasteiger partial charge < -0.3 is 15.6 Å². The van der Waals surface area contributed by atoms with Crippen LogP contribution in [0.3, 0.4) is 0 Å². The molecule has 2 atom stereocenters. The smallest absolute Gasteiger partial charge is 0.102 e. The van der Waals surface area contributed by atoms with Gasteiger partial charge in [-0.1, -0.05) is 0 Å². The second-order valence-electron chi connectivity index (χ2n) is 2.48. The second kappa shape index (κ2) is 2.84. The van der Waals surface area contributed by atoms with E-state index in [-0.39, 0.29) is 18.4 Å². The molecule has 3 nitrogen and oxygen atoms in total. The monoisotopic (exact) mass is 153 g/mol. The van der Waals surface area contributed by atoms with Crippen molar-refractivity contribution in [2.24, 2.45) is 5.73 Å². The lowest BCUT2D eigenvalue weighted by molar-refractivity contribution is 0.0361. The molecule has 0 aromatic heterocycles. The van der Waals surface area contributed by atoms with Gasteiger partial charge in [-0.15, -0.1) is 12.4 Å². The van der Waals surface area contributed by atoms with Crippen molar-refractivity contribution in [1.29, 1.82) is 0 Å².